The van der Waals surface area contributed by atoms with E-state index in [1.165, 1.54) is 0 Å². The van der Waals surface area contributed by atoms with E-state index >= 15 is 0 Å². The number of benzene rings is 3. The molecular weight excluding hydrogens is 600 g/mol. The molecule has 6 rings (SSSR count). The molecule has 1 atom stereocenters. The van der Waals surface area contributed by atoms with Gasteiger partial charge in [0, 0.05) is 35.2 Å². The average Bonchev–Trinajstić information content (AvgIpc) is 3.56. The van der Waals surface area contributed by atoms with Crippen molar-refractivity contribution in [1.82, 2.24) is 15.0 Å². The third kappa shape index (κ3) is 6.60. The van der Waals surface area contributed by atoms with Crippen molar-refractivity contribution in [3.05, 3.63) is 104 Å². The molecule has 0 spiro atoms. The highest BCUT2D eigenvalue weighted by molar-refractivity contribution is 6.36. The van der Waals surface area contributed by atoms with E-state index in [-0.39, 0.29) is 25.2 Å². The van der Waals surface area contributed by atoms with Crippen LogP contribution < -0.4 is 10.5 Å². The highest BCUT2D eigenvalue weighted by Crippen LogP contribution is 2.43. The van der Waals surface area contributed by atoms with Crippen molar-refractivity contribution in [2.45, 2.75) is 38.2 Å². The van der Waals surface area contributed by atoms with Crippen molar-refractivity contribution >= 4 is 46.8 Å². The second kappa shape index (κ2) is 13.5. The number of hydrogen-bond donors (Lipinski definition) is 1. The maximum absolute atomic E-state index is 12.6. The van der Waals surface area contributed by atoms with Crippen LogP contribution in [-0.4, -0.2) is 47.5 Å². The van der Waals surface area contributed by atoms with Crippen molar-refractivity contribution in [2.24, 2.45) is 0 Å². The smallest absolute Gasteiger partial charge is 0.439 e. The summed E-state index contributed by atoms with van der Waals surface area (Å²) in [7, 11) is 0. The first kappa shape index (κ1) is 30.4. The van der Waals surface area contributed by atoms with Crippen molar-refractivity contribution in [2.75, 3.05) is 26.3 Å². The van der Waals surface area contributed by atoms with Gasteiger partial charge in [-0.05, 0) is 95.8 Å². The van der Waals surface area contributed by atoms with E-state index in [1.807, 2.05) is 30.3 Å². The summed E-state index contributed by atoms with van der Waals surface area (Å²) in [6.45, 7) is 2.24. The SMILES string of the molecule is Cl.O=c1[nH]c(-c2ccc3c(c2)CCCC(c2ccc(Cl)cc2Cl)=C3c2ccc(O[C@H]3CCN(CCCF)C3)cc2)no1. The number of aromatic nitrogens is 2. The Hall–Kier alpha value is -3.10. The molecule has 1 saturated heterocycles. The summed E-state index contributed by atoms with van der Waals surface area (Å²) >= 11 is 13.0. The number of aryl methyl sites for hydroxylation is 1. The maximum Gasteiger partial charge on any atom is 0.439 e. The average molecular weight is 631 g/mol. The minimum Gasteiger partial charge on any atom is -0.489 e. The lowest BCUT2D eigenvalue weighted by Gasteiger charge is -2.19. The fraction of sp³-hybridized carbons (Fsp3) is 0.312. The summed E-state index contributed by atoms with van der Waals surface area (Å²) in [5.74, 6) is 0.643. The first-order chi connectivity index (χ1) is 20.0. The van der Waals surface area contributed by atoms with Gasteiger partial charge in [-0.1, -0.05) is 58.7 Å². The highest BCUT2D eigenvalue weighted by Gasteiger charge is 2.25. The molecule has 1 aliphatic heterocycles. The minimum atomic E-state index is -0.581. The maximum atomic E-state index is 12.6. The van der Waals surface area contributed by atoms with Crippen molar-refractivity contribution in [3.8, 4) is 17.1 Å². The summed E-state index contributed by atoms with van der Waals surface area (Å²) < 4.78 is 23.6. The van der Waals surface area contributed by atoms with Gasteiger partial charge < -0.3 is 4.74 Å². The summed E-state index contributed by atoms with van der Waals surface area (Å²) in [6, 6.07) is 20.0. The lowest BCUT2D eigenvalue weighted by molar-refractivity contribution is 0.198. The zero-order valence-corrected chi connectivity index (χ0v) is 25.2. The topological polar surface area (TPSA) is 71.4 Å². The molecule has 1 aromatic heterocycles. The van der Waals surface area contributed by atoms with Gasteiger partial charge in [0.15, 0.2) is 5.82 Å². The molecule has 4 aromatic rings. The molecule has 0 bridgehead atoms. The molecule has 220 valence electrons. The van der Waals surface area contributed by atoms with Gasteiger partial charge in [-0.25, -0.2) is 4.79 Å². The molecular formula is C32H31Cl3FN3O3. The molecule has 1 fully saturated rings. The van der Waals surface area contributed by atoms with Crippen molar-refractivity contribution < 1.29 is 13.7 Å². The summed E-state index contributed by atoms with van der Waals surface area (Å²) in [5.41, 5.74) is 7.33. The van der Waals surface area contributed by atoms with Crippen molar-refractivity contribution in [3.63, 3.8) is 0 Å². The number of ether oxygens (including phenoxy) is 1. The predicted octanol–water partition coefficient (Wildman–Crippen LogP) is 7.87. The largest absolute Gasteiger partial charge is 0.489 e. The molecule has 0 radical (unpaired) electrons. The van der Waals surface area contributed by atoms with E-state index in [1.54, 1.807) is 6.07 Å². The molecule has 0 unspecified atom stereocenters. The molecule has 0 saturated carbocycles. The fourth-order valence-corrected chi connectivity index (χ4v) is 6.42. The van der Waals surface area contributed by atoms with Crippen LogP contribution in [0.2, 0.25) is 10.0 Å². The van der Waals surface area contributed by atoms with Gasteiger partial charge in [0.05, 0.1) is 6.67 Å². The number of allylic oxidation sites excluding steroid dienone is 1. The number of nitrogens with one attached hydrogen (secondary N) is 1. The summed E-state index contributed by atoms with van der Waals surface area (Å²) in [4.78, 5) is 16.5. The molecule has 2 heterocycles. The Kier molecular flexibility index (Phi) is 9.74. The minimum absolute atomic E-state index is 0. The Morgan fingerprint density at radius 1 is 1.02 bits per heavy atom. The number of hydrogen-bond acceptors (Lipinski definition) is 5. The number of alkyl halides is 1. The molecule has 2 aliphatic rings. The van der Waals surface area contributed by atoms with E-state index < -0.39 is 5.76 Å². The standard InChI is InChI=1S/C32H30Cl2FN3O3.ClH/c33-23-8-12-27(29(34)18-23)28-4-1-3-21-17-22(31-36-32(39)41-37-31)7-11-26(21)30(28)20-5-9-24(10-6-20)40-25-13-16-38(19-25)15-2-14-35;/h5-12,17-18,25H,1-4,13-16,19H2,(H,36,37,39);1H/t25-;/m0./s1. The first-order valence-corrected chi connectivity index (χ1v) is 14.7. The highest BCUT2D eigenvalue weighted by atomic mass is 35.5. The Labute approximate surface area is 259 Å². The monoisotopic (exact) mass is 629 g/mol. The normalized spacial score (nSPS) is 17.1. The van der Waals surface area contributed by atoms with Crippen LogP contribution in [0.15, 0.2) is 70.0 Å². The molecule has 3 aromatic carbocycles. The zero-order valence-electron chi connectivity index (χ0n) is 22.9. The van der Waals surface area contributed by atoms with E-state index in [2.05, 4.69) is 39.3 Å². The van der Waals surface area contributed by atoms with Crippen molar-refractivity contribution in [1.29, 1.82) is 0 Å². The van der Waals surface area contributed by atoms with Gasteiger partial charge in [-0.2, -0.15) is 0 Å². The van der Waals surface area contributed by atoms with Gasteiger partial charge in [0.1, 0.15) is 11.9 Å². The van der Waals surface area contributed by atoms with E-state index in [4.69, 9.17) is 32.5 Å². The third-order valence-electron chi connectivity index (χ3n) is 7.80. The number of nitrogens with zero attached hydrogens (tertiary/aromatic N) is 2. The van der Waals surface area contributed by atoms with Gasteiger partial charge >= 0.3 is 5.76 Å². The van der Waals surface area contributed by atoms with Crippen LogP contribution >= 0.6 is 35.6 Å². The molecule has 1 aliphatic carbocycles. The fourth-order valence-electron chi connectivity index (χ4n) is 5.89. The van der Waals surface area contributed by atoms with Crippen LogP contribution in [0.25, 0.3) is 22.5 Å². The number of likely N-dealkylation sites (tertiary alicyclic amines) is 1. The second-order valence-electron chi connectivity index (χ2n) is 10.5. The van der Waals surface area contributed by atoms with Gasteiger partial charge in [-0.15, -0.1) is 12.4 Å². The van der Waals surface area contributed by atoms with E-state index in [0.29, 0.717) is 22.3 Å². The summed E-state index contributed by atoms with van der Waals surface area (Å²) in [5, 5.41) is 5.08. The molecule has 42 heavy (non-hydrogen) atoms. The Morgan fingerprint density at radius 2 is 1.81 bits per heavy atom. The van der Waals surface area contributed by atoms with Crippen LogP contribution in [0.4, 0.5) is 4.39 Å². The Bertz CT molecular complexity index is 1630. The quantitative estimate of drug-likeness (QED) is 0.215. The predicted molar refractivity (Wildman–Crippen MR) is 168 cm³/mol. The molecule has 6 nitrogen and oxygen atoms in total. The van der Waals surface area contributed by atoms with Crippen LogP contribution in [0.1, 0.15) is 47.9 Å². The Morgan fingerprint density at radius 3 is 2.55 bits per heavy atom. The number of fused-ring (bicyclic) bond motifs is 1. The molecule has 10 heteroatoms. The second-order valence-corrected chi connectivity index (χ2v) is 11.4. The van der Waals surface area contributed by atoms with Gasteiger partial charge in [0.2, 0.25) is 0 Å². The lowest BCUT2D eigenvalue weighted by atomic mass is 9.87. The first-order valence-electron chi connectivity index (χ1n) is 13.9. The zero-order chi connectivity index (χ0) is 28.3. The van der Waals surface area contributed by atoms with E-state index in [9.17, 15) is 9.18 Å². The summed E-state index contributed by atoms with van der Waals surface area (Å²) in [6.07, 6.45) is 4.21. The number of aromatic amines is 1. The van der Waals surface area contributed by atoms with Crippen LogP contribution in [0.5, 0.6) is 5.75 Å². The Balaban J connectivity index is 0.00000353. The molecule has 1 N–H and O–H groups in total. The number of halogens is 4. The van der Waals surface area contributed by atoms with Crippen LogP contribution in [-0.2, 0) is 6.42 Å². The molecule has 0 amide bonds. The van der Waals surface area contributed by atoms with Crippen LogP contribution in [0, 0.1) is 0 Å². The van der Waals surface area contributed by atoms with Gasteiger partial charge in [-0.3, -0.25) is 18.8 Å². The lowest BCUT2D eigenvalue weighted by Crippen LogP contribution is -2.26. The van der Waals surface area contributed by atoms with Gasteiger partial charge in [0.25, 0.3) is 0 Å². The number of rotatable bonds is 8. The number of H-pyrrole nitrogens is 1. The third-order valence-corrected chi connectivity index (χ3v) is 8.35. The van der Waals surface area contributed by atoms with Crippen LogP contribution in [0.3, 0.4) is 0 Å². The van der Waals surface area contributed by atoms with E-state index in [0.717, 1.165) is 90.0 Å².